The number of hydrogen-bond donors (Lipinski definition) is 0. The first-order chi connectivity index (χ1) is 16.0. The highest BCUT2D eigenvalue weighted by Gasteiger charge is 2.16. The van der Waals surface area contributed by atoms with Gasteiger partial charge in [-0.15, -0.1) is 11.8 Å². The molecule has 1 aliphatic heterocycles. The number of ether oxygens (including phenoxy) is 2. The van der Waals surface area contributed by atoms with Crippen molar-refractivity contribution < 1.29 is 17.9 Å². The molecule has 1 aliphatic rings. The van der Waals surface area contributed by atoms with Crippen LogP contribution in [0.1, 0.15) is 11.1 Å². The van der Waals surface area contributed by atoms with Crippen molar-refractivity contribution in [2.75, 3.05) is 19.1 Å². The minimum absolute atomic E-state index is 0.0222. The van der Waals surface area contributed by atoms with E-state index in [1.807, 2.05) is 36.4 Å². The maximum absolute atomic E-state index is 11.9. The van der Waals surface area contributed by atoms with Gasteiger partial charge in [-0.3, -0.25) is 4.90 Å². The summed E-state index contributed by atoms with van der Waals surface area (Å²) in [4.78, 5) is 5.88. The van der Waals surface area contributed by atoms with Gasteiger partial charge in [-0.25, -0.2) is 8.42 Å². The van der Waals surface area contributed by atoms with Crippen LogP contribution in [0.2, 0.25) is 0 Å². The second-order valence-corrected chi connectivity index (χ2v) is 10.1. The molecular weight excluding hydrogens is 460 g/mol. The number of benzene rings is 3. The predicted octanol–water partition coefficient (Wildman–Crippen LogP) is 5.21. The van der Waals surface area contributed by atoms with E-state index in [2.05, 4.69) is 26.5 Å². The van der Waals surface area contributed by atoms with Crippen molar-refractivity contribution in [1.29, 1.82) is 0 Å². The minimum atomic E-state index is -3.99. The van der Waals surface area contributed by atoms with Crippen molar-refractivity contribution in [1.82, 2.24) is 4.90 Å². The Hall–Kier alpha value is -3.17. The molecule has 10 heteroatoms. The summed E-state index contributed by atoms with van der Waals surface area (Å²) >= 11 is 1.79. The van der Waals surface area contributed by atoms with Crippen LogP contribution in [-0.4, -0.2) is 32.4 Å². The highest BCUT2D eigenvalue weighted by molar-refractivity contribution is 7.99. The van der Waals surface area contributed by atoms with Gasteiger partial charge < -0.3 is 9.47 Å². The number of sulfonamides is 1. The summed E-state index contributed by atoms with van der Waals surface area (Å²) in [7, 11) is -3.99. The summed E-state index contributed by atoms with van der Waals surface area (Å²) in [6, 6.07) is 22.6. The molecule has 0 atom stereocenters. The van der Waals surface area contributed by atoms with Gasteiger partial charge in [0.15, 0.2) is 11.5 Å². The van der Waals surface area contributed by atoms with Crippen LogP contribution in [-0.2, 0) is 23.1 Å². The molecule has 170 valence electrons. The average Bonchev–Trinajstić information content (AvgIpc) is 3.28. The predicted molar refractivity (Wildman–Crippen MR) is 127 cm³/mol. The molecule has 0 aliphatic carbocycles. The van der Waals surface area contributed by atoms with Crippen LogP contribution in [0, 0.1) is 0 Å². The first-order valence-electron chi connectivity index (χ1n) is 10.2. The van der Waals surface area contributed by atoms with Crippen molar-refractivity contribution in [2.45, 2.75) is 22.9 Å². The molecule has 0 amide bonds. The molecule has 0 radical (unpaired) electrons. The van der Waals surface area contributed by atoms with Gasteiger partial charge in [0.1, 0.15) is 0 Å². The second-order valence-electron chi connectivity index (χ2n) is 7.35. The Morgan fingerprint density at radius 3 is 2.39 bits per heavy atom. The molecule has 0 fully saturated rings. The average molecular weight is 483 g/mol. The fraction of sp³-hybridized carbons (Fsp3) is 0.217. The van der Waals surface area contributed by atoms with E-state index in [9.17, 15) is 8.42 Å². The van der Waals surface area contributed by atoms with E-state index in [4.69, 9.17) is 15.0 Å². The summed E-state index contributed by atoms with van der Waals surface area (Å²) in [5, 5.41) is 0. The van der Waals surface area contributed by atoms with Crippen LogP contribution < -0.4 is 9.47 Å². The van der Waals surface area contributed by atoms with E-state index in [1.54, 1.807) is 23.9 Å². The first kappa shape index (κ1) is 23.0. The third-order valence-corrected chi connectivity index (χ3v) is 7.18. The Morgan fingerprint density at radius 1 is 0.939 bits per heavy atom. The van der Waals surface area contributed by atoms with Crippen LogP contribution in [0.25, 0.3) is 10.4 Å². The lowest BCUT2D eigenvalue weighted by Gasteiger charge is -2.23. The maximum Gasteiger partial charge on any atom is 0.264 e. The van der Waals surface area contributed by atoms with Crippen LogP contribution >= 0.6 is 11.8 Å². The fourth-order valence-electron chi connectivity index (χ4n) is 3.44. The highest BCUT2D eigenvalue weighted by atomic mass is 32.2. The standard InChI is InChI=1S/C23H22N4O4S2/c24-25-26-33(28,29)21-9-6-18(7-10-21)15-27(12-13-32-20-4-2-1-3-5-20)16-19-8-11-22-23(14-19)31-17-30-22/h1-11,14H,12-13,15-17H2. The van der Waals surface area contributed by atoms with Crippen LogP contribution in [0.3, 0.4) is 0 Å². The summed E-state index contributed by atoms with van der Waals surface area (Å²) in [5.74, 6) is 2.40. The van der Waals surface area contributed by atoms with E-state index in [0.717, 1.165) is 34.9 Å². The van der Waals surface area contributed by atoms with E-state index in [-0.39, 0.29) is 11.7 Å². The topological polar surface area (TPSA) is 105 Å². The lowest BCUT2D eigenvalue weighted by atomic mass is 10.1. The molecular formula is C23H22N4O4S2. The molecule has 0 unspecified atom stereocenters. The van der Waals surface area contributed by atoms with Gasteiger partial charge >= 0.3 is 0 Å². The normalized spacial score (nSPS) is 12.5. The number of nitrogens with zero attached hydrogens (tertiary/aromatic N) is 4. The SMILES string of the molecule is [N-]=[N+]=NS(=O)(=O)c1ccc(CN(CCSc2ccccc2)Cc2ccc3c(c2)OCO3)cc1. The first-order valence-corrected chi connectivity index (χ1v) is 12.6. The smallest absolute Gasteiger partial charge is 0.264 e. The Balaban J connectivity index is 1.47. The molecule has 1 heterocycles. The number of hydrogen-bond acceptors (Lipinski definition) is 6. The Labute approximate surface area is 196 Å². The van der Waals surface area contributed by atoms with Crippen LogP contribution in [0.15, 0.2) is 87.1 Å². The van der Waals surface area contributed by atoms with Crippen molar-refractivity contribution in [3.63, 3.8) is 0 Å². The zero-order chi connectivity index (χ0) is 23.1. The third kappa shape index (κ3) is 6.21. The molecule has 4 rings (SSSR count). The molecule has 3 aromatic carbocycles. The van der Waals surface area contributed by atoms with E-state index in [1.165, 1.54) is 17.0 Å². The molecule has 0 N–H and O–H groups in total. The Morgan fingerprint density at radius 2 is 1.64 bits per heavy atom. The van der Waals surface area contributed by atoms with Crippen LogP contribution in [0.4, 0.5) is 0 Å². The quantitative estimate of drug-likeness (QED) is 0.170. The largest absolute Gasteiger partial charge is 0.454 e. The summed E-state index contributed by atoms with van der Waals surface area (Å²) in [5.41, 5.74) is 10.5. The van der Waals surface area contributed by atoms with Crippen molar-refractivity contribution in [3.05, 3.63) is 94.4 Å². The zero-order valence-corrected chi connectivity index (χ0v) is 19.3. The molecule has 3 aromatic rings. The molecule has 0 saturated heterocycles. The van der Waals surface area contributed by atoms with Gasteiger partial charge in [-0.1, -0.05) is 36.4 Å². The third-order valence-electron chi connectivity index (χ3n) is 5.03. The second kappa shape index (κ2) is 10.6. The van der Waals surface area contributed by atoms with Gasteiger partial charge in [0, 0.05) is 39.7 Å². The monoisotopic (exact) mass is 482 g/mol. The Bertz CT molecular complexity index is 1250. The Kier molecular flexibility index (Phi) is 7.41. The fourth-order valence-corrected chi connectivity index (χ4v) is 5.05. The van der Waals surface area contributed by atoms with Crippen molar-refractivity contribution in [3.8, 4) is 11.5 Å². The van der Waals surface area contributed by atoms with Gasteiger partial charge in [0.25, 0.3) is 10.0 Å². The zero-order valence-electron chi connectivity index (χ0n) is 17.7. The lowest BCUT2D eigenvalue weighted by molar-refractivity contribution is 0.174. The van der Waals surface area contributed by atoms with Gasteiger partial charge in [-0.2, -0.15) is 0 Å². The summed E-state index contributed by atoms with van der Waals surface area (Å²) in [6.45, 7) is 2.39. The number of fused-ring (bicyclic) bond motifs is 1. The van der Waals surface area contributed by atoms with E-state index in [0.29, 0.717) is 13.1 Å². The molecule has 0 aromatic heterocycles. The number of azide groups is 1. The number of thioether (sulfide) groups is 1. The lowest BCUT2D eigenvalue weighted by Crippen LogP contribution is -2.25. The molecule has 0 saturated carbocycles. The minimum Gasteiger partial charge on any atom is -0.454 e. The van der Waals surface area contributed by atoms with Crippen LogP contribution in [0.5, 0.6) is 11.5 Å². The van der Waals surface area contributed by atoms with E-state index < -0.39 is 10.0 Å². The molecule has 0 bridgehead atoms. The summed E-state index contributed by atoms with van der Waals surface area (Å²) < 4.78 is 37.6. The van der Waals surface area contributed by atoms with Crippen molar-refractivity contribution in [2.24, 2.45) is 4.52 Å². The summed E-state index contributed by atoms with van der Waals surface area (Å²) in [6.07, 6.45) is 0. The van der Waals surface area contributed by atoms with Gasteiger partial charge in [0.05, 0.1) is 4.90 Å². The molecule has 33 heavy (non-hydrogen) atoms. The maximum atomic E-state index is 11.9. The van der Waals surface area contributed by atoms with Gasteiger partial charge in [-0.05, 0) is 53.1 Å². The highest BCUT2D eigenvalue weighted by Crippen LogP contribution is 2.33. The molecule has 0 spiro atoms. The van der Waals surface area contributed by atoms with Gasteiger partial charge in [0.2, 0.25) is 6.79 Å². The van der Waals surface area contributed by atoms with E-state index >= 15 is 0 Å². The van der Waals surface area contributed by atoms with Crippen molar-refractivity contribution >= 4 is 21.8 Å². The number of rotatable bonds is 10. The molecule has 8 nitrogen and oxygen atoms in total.